The van der Waals surface area contributed by atoms with Crippen LogP contribution in [0.25, 0.3) is 0 Å². The van der Waals surface area contributed by atoms with E-state index in [0.717, 1.165) is 25.7 Å². The molecule has 1 amide bonds. The molecule has 1 atom stereocenters. The molecular formula is C19H20ClNO3. The number of carbonyl (C=O) groups is 2. The summed E-state index contributed by atoms with van der Waals surface area (Å²) in [6.45, 7) is 1.73. The van der Waals surface area contributed by atoms with E-state index in [9.17, 15) is 9.59 Å². The SMILES string of the molecule is CC#Cc1cc(Cl)c(C2C(=O)N(C)C3(CCCC3)C2=O)c(OC)c1. The molecule has 0 bridgehead atoms. The molecule has 1 aromatic carbocycles. The molecule has 0 N–H and O–H groups in total. The summed E-state index contributed by atoms with van der Waals surface area (Å²) in [5.41, 5.74) is 0.495. The monoisotopic (exact) mass is 345 g/mol. The smallest absolute Gasteiger partial charge is 0.238 e. The third kappa shape index (κ3) is 2.31. The van der Waals surface area contributed by atoms with Gasteiger partial charge >= 0.3 is 0 Å². The van der Waals surface area contributed by atoms with Crippen molar-refractivity contribution in [2.45, 2.75) is 44.1 Å². The first-order valence-electron chi connectivity index (χ1n) is 8.08. The Morgan fingerprint density at radius 2 is 1.96 bits per heavy atom. The molecule has 3 rings (SSSR count). The van der Waals surface area contributed by atoms with Gasteiger partial charge in [0.2, 0.25) is 5.91 Å². The molecule has 1 aliphatic carbocycles. The van der Waals surface area contributed by atoms with E-state index in [2.05, 4.69) is 11.8 Å². The van der Waals surface area contributed by atoms with Gasteiger partial charge in [0.05, 0.1) is 7.11 Å². The molecule has 0 radical (unpaired) electrons. The Balaban J connectivity index is 2.13. The van der Waals surface area contributed by atoms with Crippen molar-refractivity contribution < 1.29 is 14.3 Å². The van der Waals surface area contributed by atoms with Gasteiger partial charge in [0.25, 0.3) is 0 Å². The molecule has 1 heterocycles. The number of amides is 1. The van der Waals surface area contributed by atoms with E-state index in [1.54, 1.807) is 31.0 Å². The highest BCUT2D eigenvalue weighted by molar-refractivity contribution is 6.33. The van der Waals surface area contributed by atoms with Crippen LogP contribution in [0.4, 0.5) is 0 Å². The number of ketones is 1. The van der Waals surface area contributed by atoms with Crippen LogP contribution >= 0.6 is 11.6 Å². The predicted molar refractivity (Wildman–Crippen MR) is 92.3 cm³/mol. The second-order valence-electron chi connectivity index (χ2n) is 6.38. The summed E-state index contributed by atoms with van der Waals surface area (Å²) in [7, 11) is 3.24. The minimum absolute atomic E-state index is 0.0537. The van der Waals surface area contributed by atoms with Gasteiger partial charge in [0.15, 0.2) is 5.78 Å². The lowest BCUT2D eigenvalue weighted by Gasteiger charge is -2.29. The number of hydrogen-bond donors (Lipinski definition) is 0. The van der Waals surface area contributed by atoms with Crippen molar-refractivity contribution in [3.05, 3.63) is 28.3 Å². The molecular weight excluding hydrogens is 326 g/mol. The highest BCUT2D eigenvalue weighted by Gasteiger charge is 2.58. The van der Waals surface area contributed by atoms with Crippen LogP contribution in [0.5, 0.6) is 5.75 Å². The summed E-state index contributed by atoms with van der Waals surface area (Å²) >= 11 is 6.43. The quantitative estimate of drug-likeness (QED) is 0.611. The maximum absolute atomic E-state index is 13.2. The van der Waals surface area contributed by atoms with Crippen LogP contribution in [0.15, 0.2) is 12.1 Å². The maximum atomic E-state index is 13.2. The van der Waals surface area contributed by atoms with Gasteiger partial charge < -0.3 is 9.64 Å². The number of methoxy groups -OCH3 is 1. The normalized spacial score (nSPS) is 22.0. The topological polar surface area (TPSA) is 46.6 Å². The van der Waals surface area contributed by atoms with E-state index in [1.807, 2.05) is 0 Å². The van der Waals surface area contributed by atoms with Crippen molar-refractivity contribution in [3.8, 4) is 17.6 Å². The predicted octanol–water partition coefficient (Wildman–Crippen LogP) is 3.16. The van der Waals surface area contributed by atoms with Crippen LogP contribution in [-0.2, 0) is 9.59 Å². The summed E-state index contributed by atoms with van der Waals surface area (Å²) < 4.78 is 5.43. The van der Waals surface area contributed by atoms with Gasteiger partial charge in [0.1, 0.15) is 17.2 Å². The summed E-state index contributed by atoms with van der Waals surface area (Å²) in [6, 6.07) is 3.42. The van der Waals surface area contributed by atoms with Crippen LogP contribution in [0.3, 0.4) is 0 Å². The molecule has 1 aliphatic heterocycles. The highest BCUT2D eigenvalue weighted by Crippen LogP contribution is 2.48. The zero-order valence-electron chi connectivity index (χ0n) is 14.1. The van der Waals surface area contributed by atoms with Crippen LogP contribution in [-0.4, -0.2) is 36.3 Å². The van der Waals surface area contributed by atoms with Crippen molar-refractivity contribution in [1.29, 1.82) is 0 Å². The Bertz CT molecular complexity index is 769. The van der Waals surface area contributed by atoms with Crippen molar-refractivity contribution in [2.24, 2.45) is 0 Å². The second kappa shape index (κ2) is 6.14. The Morgan fingerprint density at radius 3 is 2.54 bits per heavy atom. The van der Waals surface area contributed by atoms with Crippen LogP contribution in [0.2, 0.25) is 5.02 Å². The summed E-state index contributed by atoms with van der Waals surface area (Å²) in [4.78, 5) is 27.7. The van der Waals surface area contributed by atoms with E-state index in [4.69, 9.17) is 16.3 Å². The lowest BCUT2D eigenvalue weighted by atomic mass is 9.85. The van der Waals surface area contributed by atoms with Gasteiger partial charge in [-0.2, -0.15) is 0 Å². The molecule has 1 spiro atoms. The van der Waals surface area contributed by atoms with Gasteiger partial charge in [0, 0.05) is 23.2 Å². The van der Waals surface area contributed by atoms with Crippen molar-refractivity contribution >= 4 is 23.3 Å². The summed E-state index contributed by atoms with van der Waals surface area (Å²) in [5.74, 6) is 5.03. The number of ether oxygens (including phenoxy) is 1. The zero-order valence-corrected chi connectivity index (χ0v) is 14.9. The molecule has 24 heavy (non-hydrogen) atoms. The molecule has 0 aromatic heterocycles. The first-order valence-corrected chi connectivity index (χ1v) is 8.46. The summed E-state index contributed by atoms with van der Waals surface area (Å²) in [5, 5.41) is 0.349. The van der Waals surface area contributed by atoms with Crippen molar-refractivity contribution in [1.82, 2.24) is 4.90 Å². The van der Waals surface area contributed by atoms with E-state index >= 15 is 0 Å². The number of rotatable bonds is 2. The van der Waals surface area contributed by atoms with Gasteiger partial charge in [-0.25, -0.2) is 0 Å². The fourth-order valence-corrected chi connectivity index (χ4v) is 4.32. The number of benzene rings is 1. The standard InChI is InChI=1S/C19H20ClNO3/c1-4-7-12-10-13(20)15(14(11-12)24-3)16-17(22)19(8-5-6-9-19)21(2)18(16)23/h10-11,16H,5-6,8-9H2,1-3H3. The lowest BCUT2D eigenvalue weighted by molar-refractivity contribution is -0.131. The molecule has 1 saturated carbocycles. The summed E-state index contributed by atoms with van der Waals surface area (Å²) in [6.07, 6.45) is 3.38. The van der Waals surface area contributed by atoms with Crippen LogP contribution in [0, 0.1) is 11.8 Å². The zero-order chi connectivity index (χ0) is 17.5. The third-order valence-electron chi connectivity index (χ3n) is 5.24. The number of nitrogens with zero attached hydrogens (tertiary/aromatic N) is 1. The van der Waals surface area contributed by atoms with Crippen molar-refractivity contribution in [2.75, 3.05) is 14.2 Å². The molecule has 1 aromatic rings. The highest BCUT2D eigenvalue weighted by atomic mass is 35.5. The van der Waals surface area contributed by atoms with Crippen LogP contribution in [0.1, 0.15) is 49.7 Å². The molecule has 126 valence electrons. The Morgan fingerprint density at radius 1 is 1.29 bits per heavy atom. The Labute approximate surface area is 147 Å². The lowest BCUT2D eigenvalue weighted by Crippen LogP contribution is -2.44. The molecule has 2 aliphatic rings. The first kappa shape index (κ1) is 16.9. The number of hydrogen-bond acceptors (Lipinski definition) is 3. The van der Waals surface area contributed by atoms with Crippen molar-refractivity contribution in [3.63, 3.8) is 0 Å². The number of likely N-dealkylation sites (tertiary alicyclic amines) is 1. The Kier molecular flexibility index (Phi) is 4.31. The number of likely N-dealkylation sites (N-methyl/N-ethyl adjacent to an activating group) is 1. The Hall–Kier alpha value is -1.99. The second-order valence-corrected chi connectivity index (χ2v) is 6.79. The molecule has 4 nitrogen and oxygen atoms in total. The average Bonchev–Trinajstić information content (AvgIpc) is 3.11. The molecule has 2 fully saturated rings. The average molecular weight is 346 g/mol. The largest absolute Gasteiger partial charge is 0.496 e. The minimum Gasteiger partial charge on any atom is -0.496 e. The van der Waals surface area contributed by atoms with E-state index in [1.165, 1.54) is 7.11 Å². The maximum Gasteiger partial charge on any atom is 0.238 e. The number of carbonyl (C=O) groups excluding carboxylic acids is 2. The van der Waals surface area contributed by atoms with E-state index < -0.39 is 11.5 Å². The fraction of sp³-hybridized carbons (Fsp3) is 0.474. The van der Waals surface area contributed by atoms with Gasteiger partial charge in [-0.3, -0.25) is 9.59 Å². The van der Waals surface area contributed by atoms with Gasteiger partial charge in [-0.15, -0.1) is 5.92 Å². The fourth-order valence-electron chi connectivity index (χ4n) is 4.01. The molecule has 1 saturated heterocycles. The van der Waals surface area contributed by atoms with Gasteiger partial charge in [-0.05, 0) is 31.9 Å². The third-order valence-corrected chi connectivity index (χ3v) is 5.55. The van der Waals surface area contributed by atoms with Crippen LogP contribution < -0.4 is 4.74 Å². The number of Topliss-reactive ketones (excluding diaryl/α,β-unsaturated/α-hetero) is 1. The van der Waals surface area contributed by atoms with Gasteiger partial charge in [-0.1, -0.05) is 30.4 Å². The van der Waals surface area contributed by atoms with E-state index in [0.29, 0.717) is 21.9 Å². The molecule has 1 unspecified atom stereocenters. The van der Waals surface area contributed by atoms with E-state index in [-0.39, 0.29) is 11.7 Å². The minimum atomic E-state index is -0.890. The first-order chi connectivity index (χ1) is 11.5. The number of halogens is 1. The molecule has 5 heteroatoms.